The molecular weight excluding hydrogens is 268 g/mol. The zero-order valence-electron chi connectivity index (χ0n) is 12.6. The van der Waals surface area contributed by atoms with Gasteiger partial charge in [-0.2, -0.15) is 0 Å². The van der Waals surface area contributed by atoms with Gasteiger partial charge in [0.1, 0.15) is 0 Å². The Kier molecular flexibility index (Phi) is 5.20. The molecule has 0 saturated heterocycles. The summed E-state index contributed by atoms with van der Waals surface area (Å²) in [5, 5.41) is 2.88. The van der Waals surface area contributed by atoms with Gasteiger partial charge in [-0.15, -0.1) is 0 Å². The Morgan fingerprint density at radius 1 is 1.29 bits per heavy atom. The molecular formula is C16H22N2O3. The van der Waals surface area contributed by atoms with Crippen LogP contribution in [0.5, 0.6) is 0 Å². The van der Waals surface area contributed by atoms with Gasteiger partial charge in [-0.1, -0.05) is 17.7 Å². The van der Waals surface area contributed by atoms with Gasteiger partial charge in [-0.05, 0) is 38.8 Å². The topological polar surface area (TPSA) is 58.6 Å². The normalized spacial score (nSPS) is 13.6. The van der Waals surface area contributed by atoms with E-state index < -0.39 is 0 Å². The Bertz CT molecular complexity index is 495. The maximum Gasteiger partial charge on any atom is 0.322 e. The summed E-state index contributed by atoms with van der Waals surface area (Å²) in [5.41, 5.74) is 1.92. The first kappa shape index (κ1) is 15.4. The van der Waals surface area contributed by atoms with Crippen molar-refractivity contribution < 1.29 is 14.3 Å². The maximum atomic E-state index is 12.3. The predicted molar refractivity (Wildman–Crippen MR) is 81.2 cm³/mol. The summed E-state index contributed by atoms with van der Waals surface area (Å²) in [6.07, 6.45) is 2.25. The van der Waals surface area contributed by atoms with Crippen molar-refractivity contribution in [2.75, 3.05) is 18.5 Å². The van der Waals surface area contributed by atoms with Crippen LogP contribution in [0.2, 0.25) is 0 Å². The van der Waals surface area contributed by atoms with Crippen molar-refractivity contribution in [1.29, 1.82) is 0 Å². The van der Waals surface area contributed by atoms with Gasteiger partial charge in [0.05, 0.1) is 13.0 Å². The molecule has 1 aromatic carbocycles. The Morgan fingerprint density at radius 3 is 2.52 bits per heavy atom. The number of nitrogens with one attached hydrogen (secondary N) is 1. The quantitative estimate of drug-likeness (QED) is 0.819. The number of ether oxygens (including phenoxy) is 1. The number of rotatable bonds is 6. The van der Waals surface area contributed by atoms with Crippen LogP contribution in [0, 0.1) is 6.92 Å². The van der Waals surface area contributed by atoms with Crippen LogP contribution in [-0.4, -0.2) is 36.1 Å². The third-order valence-corrected chi connectivity index (χ3v) is 3.41. The van der Waals surface area contributed by atoms with Crippen molar-refractivity contribution >= 4 is 17.7 Å². The molecule has 2 amide bonds. The van der Waals surface area contributed by atoms with E-state index in [4.69, 9.17) is 4.74 Å². The molecule has 0 aromatic heterocycles. The fourth-order valence-corrected chi connectivity index (χ4v) is 2.11. The minimum Gasteiger partial charge on any atom is -0.466 e. The first-order chi connectivity index (χ1) is 10.1. The number of anilines is 1. The third-order valence-electron chi connectivity index (χ3n) is 3.41. The Balaban J connectivity index is 1.90. The highest BCUT2D eigenvalue weighted by atomic mass is 16.5. The molecule has 1 aromatic rings. The van der Waals surface area contributed by atoms with E-state index in [1.807, 2.05) is 31.2 Å². The number of esters is 1. The molecule has 5 nitrogen and oxygen atoms in total. The maximum absolute atomic E-state index is 12.3. The van der Waals surface area contributed by atoms with Gasteiger partial charge in [0.2, 0.25) is 0 Å². The second-order valence-electron chi connectivity index (χ2n) is 5.28. The summed E-state index contributed by atoms with van der Waals surface area (Å²) >= 11 is 0. The van der Waals surface area contributed by atoms with Crippen molar-refractivity contribution in [3.05, 3.63) is 29.8 Å². The highest BCUT2D eigenvalue weighted by Gasteiger charge is 2.32. The summed E-state index contributed by atoms with van der Waals surface area (Å²) in [6, 6.07) is 7.77. The smallest absolute Gasteiger partial charge is 0.322 e. The molecule has 0 radical (unpaired) electrons. The zero-order chi connectivity index (χ0) is 15.2. The van der Waals surface area contributed by atoms with E-state index in [0.29, 0.717) is 13.2 Å². The number of hydrogen-bond acceptors (Lipinski definition) is 3. The van der Waals surface area contributed by atoms with Crippen molar-refractivity contribution in [3.63, 3.8) is 0 Å². The minimum atomic E-state index is -0.258. The number of nitrogens with zero attached hydrogens (tertiary/aromatic N) is 1. The summed E-state index contributed by atoms with van der Waals surface area (Å²) in [5.74, 6) is -0.258. The number of benzene rings is 1. The number of carbonyl (C=O) groups is 2. The number of hydrogen-bond donors (Lipinski definition) is 1. The molecule has 21 heavy (non-hydrogen) atoms. The van der Waals surface area contributed by atoms with Crippen LogP contribution in [0.3, 0.4) is 0 Å². The van der Waals surface area contributed by atoms with Crippen molar-refractivity contribution in [3.8, 4) is 0 Å². The van der Waals surface area contributed by atoms with E-state index in [1.165, 1.54) is 0 Å². The van der Waals surface area contributed by atoms with Crippen LogP contribution < -0.4 is 5.32 Å². The molecule has 1 N–H and O–H groups in total. The predicted octanol–water partition coefficient (Wildman–Crippen LogP) is 2.94. The summed E-state index contributed by atoms with van der Waals surface area (Å²) in [4.78, 5) is 25.5. The average molecular weight is 290 g/mol. The Morgan fingerprint density at radius 2 is 1.95 bits per heavy atom. The molecule has 1 aliphatic carbocycles. The van der Waals surface area contributed by atoms with Gasteiger partial charge in [-0.3, -0.25) is 4.79 Å². The van der Waals surface area contributed by atoms with E-state index in [1.54, 1.807) is 11.8 Å². The number of urea groups is 1. The largest absolute Gasteiger partial charge is 0.466 e. The number of amides is 2. The average Bonchev–Trinajstić information content (AvgIpc) is 3.26. The third kappa shape index (κ3) is 4.77. The standard InChI is InChI=1S/C16H22N2O3/c1-3-21-15(19)10-11-18(14-8-9-14)16(20)17-13-6-4-12(2)5-7-13/h4-7,14H,3,8-11H2,1-2H3,(H,17,20). The second-order valence-corrected chi connectivity index (χ2v) is 5.28. The first-order valence-corrected chi connectivity index (χ1v) is 7.40. The molecule has 0 bridgehead atoms. The lowest BCUT2D eigenvalue weighted by Gasteiger charge is -2.22. The van der Waals surface area contributed by atoms with Crippen LogP contribution >= 0.6 is 0 Å². The molecule has 0 atom stereocenters. The van der Waals surface area contributed by atoms with Crippen molar-refractivity contribution in [2.45, 2.75) is 39.2 Å². The molecule has 0 aliphatic heterocycles. The summed E-state index contributed by atoms with van der Waals surface area (Å²) < 4.78 is 4.91. The van der Waals surface area contributed by atoms with Gasteiger partial charge in [0, 0.05) is 18.3 Å². The molecule has 0 spiro atoms. The molecule has 2 rings (SSSR count). The fourth-order valence-electron chi connectivity index (χ4n) is 2.11. The summed E-state index contributed by atoms with van der Waals surface area (Å²) in [6.45, 7) is 4.56. The second kappa shape index (κ2) is 7.11. The summed E-state index contributed by atoms with van der Waals surface area (Å²) in [7, 11) is 0. The number of aryl methyl sites for hydroxylation is 1. The fraction of sp³-hybridized carbons (Fsp3) is 0.500. The van der Waals surface area contributed by atoms with E-state index >= 15 is 0 Å². The lowest BCUT2D eigenvalue weighted by Crippen LogP contribution is -2.38. The van der Waals surface area contributed by atoms with Crippen LogP contribution in [0.25, 0.3) is 0 Å². The Labute approximate surface area is 125 Å². The van der Waals surface area contributed by atoms with Gasteiger partial charge >= 0.3 is 12.0 Å². The van der Waals surface area contributed by atoms with Crippen LogP contribution in [0.4, 0.5) is 10.5 Å². The van der Waals surface area contributed by atoms with Crippen LogP contribution in [-0.2, 0) is 9.53 Å². The van der Waals surface area contributed by atoms with Gasteiger partial charge in [0.15, 0.2) is 0 Å². The molecule has 114 valence electrons. The SMILES string of the molecule is CCOC(=O)CCN(C(=O)Nc1ccc(C)cc1)C1CC1. The van der Waals surface area contributed by atoms with Crippen molar-refractivity contribution in [2.24, 2.45) is 0 Å². The van der Waals surface area contributed by atoms with Crippen LogP contribution in [0.1, 0.15) is 31.7 Å². The van der Waals surface area contributed by atoms with Gasteiger partial charge in [-0.25, -0.2) is 4.79 Å². The lowest BCUT2D eigenvalue weighted by atomic mass is 10.2. The highest BCUT2D eigenvalue weighted by molar-refractivity contribution is 5.90. The van der Waals surface area contributed by atoms with E-state index in [9.17, 15) is 9.59 Å². The molecule has 1 fully saturated rings. The van der Waals surface area contributed by atoms with E-state index in [-0.39, 0.29) is 24.5 Å². The minimum absolute atomic E-state index is 0.148. The molecule has 0 unspecified atom stereocenters. The number of carbonyl (C=O) groups excluding carboxylic acids is 2. The van der Waals surface area contributed by atoms with Gasteiger partial charge < -0.3 is 15.0 Å². The zero-order valence-corrected chi connectivity index (χ0v) is 12.6. The molecule has 1 aliphatic rings. The van der Waals surface area contributed by atoms with E-state index in [0.717, 1.165) is 24.1 Å². The molecule has 0 heterocycles. The lowest BCUT2D eigenvalue weighted by molar-refractivity contribution is -0.143. The van der Waals surface area contributed by atoms with Crippen LogP contribution in [0.15, 0.2) is 24.3 Å². The first-order valence-electron chi connectivity index (χ1n) is 7.40. The van der Waals surface area contributed by atoms with Gasteiger partial charge in [0.25, 0.3) is 0 Å². The van der Waals surface area contributed by atoms with Crippen molar-refractivity contribution in [1.82, 2.24) is 4.90 Å². The van der Waals surface area contributed by atoms with E-state index in [2.05, 4.69) is 5.32 Å². The molecule has 1 saturated carbocycles. The monoisotopic (exact) mass is 290 g/mol. The highest BCUT2D eigenvalue weighted by Crippen LogP contribution is 2.27. The molecule has 5 heteroatoms. The Hall–Kier alpha value is -2.04.